The van der Waals surface area contributed by atoms with Gasteiger partial charge in [-0.05, 0) is 177 Å². The summed E-state index contributed by atoms with van der Waals surface area (Å²) in [5.74, 6) is 0.0864. The molecule has 4 fully saturated rings. The van der Waals surface area contributed by atoms with E-state index in [0.717, 1.165) is 102 Å². The third-order valence-electron chi connectivity index (χ3n) is 26.1. The van der Waals surface area contributed by atoms with Crippen LogP contribution in [0.2, 0.25) is 10.0 Å². The first-order valence-electron chi connectivity index (χ1n) is 46.3. The van der Waals surface area contributed by atoms with Gasteiger partial charge in [-0.25, -0.2) is 9.97 Å². The summed E-state index contributed by atoms with van der Waals surface area (Å²) >= 11 is 14.1. The molecule has 0 unspecified atom stereocenters. The Labute approximate surface area is 802 Å². The number of halogens is 2. The Balaban J connectivity index is 0.000000258. The minimum Gasteiger partial charge on any atom is -0.489 e. The van der Waals surface area contributed by atoms with Gasteiger partial charge in [0.05, 0.1) is 42.9 Å². The molecule has 0 radical (unpaired) electrons. The predicted octanol–water partition coefficient (Wildman–Crippen LogP) is 17.4. The molecule has 8 aromatic rings. The number of benzene rings is 6. The predicted molar refractivity (Wildman–Crippen MR) is 522 cm³/mol. The van der Waals surface area contributed by atoms with Gasteiger partial charge in [-0.1, -0.05) is 183 Å². The van der Waals surface area contributed by atoms with E-state index in [9.17, 15) is 48.9 Å². The van der Waals surface area contributed by atoms with Crippen molar-refractivity contribution >= 4 is 93.2 Å². The minimum absolute atomic E-state index is 0.122. The first-order valence-corrected chi connectivity index (χ1v) is 48.0. The number of rotatable bonds is 38. The number of ether oxygens (including phenoxy) is 4. The molecule has 134 heavy (non-hydrogen) atoms. The molecule has 30 heteroatoms. The molecule has 6 aromatic carbocycles. The van der Waals surface area contributed by atoms with Gasteiger partial charge in [0.25, 0.3) is 11.8 Å². The third-order valence-corrected chi connectivity index (χ3v) is 27.7. The van der Waals surface area contributed by atoms with Crippen molar-refractivity contribution in [1.82, 2.24) is 51.7 Å². The van der Waals surface area contributed by atoms with Crippen LogP contribution in [0.25, 0.3) is 21.8 Å². The molecule has 12 rings (SSSR count). The fourth-order valence-corrected chi connectivity index (χ4v) is 20.6. The number of nitriles is 2. The highest BCUT2D eigenvalue weighted by molar-refractivity contribution is 7.13. The molecule has 8 amide bonds. The average Bonchev–Trinajstić information content (AvgIpc) is 0.816. The number of hydrogen-bond donors (Lipinski definition) is 8. The van der Waals surface area contributed by atoms with Crippen LogP contribution >= 0.6 is 34.5 Å². The summed E-state index contributed by atoms with van der Waals surface area (Å²) in [4.78, 5) is 121. The lowest BCUT2D eigenvalue weighted by molar-refractivity contribution is -0.164. The molecule has 2 aliphatic carbocycles. The number of aromatic nitrogens is 2. The Morgan fingerprint density at radius 1 is 0.522 bits per heavy atom. The lowest BCUT2D eigenvalue weighted by Gasteiger charge is -2.63. The van der Waals surface area contributed by atoms with Crippen LogP contribution in [0.5, 0.6) is 11.5 Å². The van der Waals surface area contributed by atoms with Crippen molar-refractivity contribution in [2.45, 2.75) is 238 Å². The molecule has 716 valence electrons. The number of thiazole rings is 1. The van der Waals surface area contributed by atoms with Crippen LogP contribution in [-0.2, 0) is 51.3 Å². The molecule has 8 N–H and O–H groups in total. The molecule has 2 saturated heterocycles. The zero-order valence-electron chi connectivity index (χ0n) is 80.5. The lowest BCUT2D eigenvalue weighted by atomic mass is 9.49. The van der Waals surface area contributed by atoms with E-state index in [1.54, 1.807) is 57.5 Å². The van der Waals surface area contributed by atoms with E-state index < -0.39 is 35.0 Å². The van der Waals surface area contributed by atoms with Crippen LogP contribution in [0.4, 0.5) is 11.4 Å². The highest BCUT2D eigenvalue weighted by atomic mass is 35.5. The van der Waals surface area contributed by atoms with Crippen molar-refractivity contribution in [2.75, 3.05) is 63.2 Å². The van der Waals surface area contributed by atoms with Gasteiger partial charge in [-0.15, -0.1) is 11.3 Å². The summed E-state index contributed by atoms with van der Waals surface area (Å²) in [5, 5.41) is 44.3. The second-order valence-corrected chi connectivity index (χ2v) is 42.3. The number of nitrogens with zero attached hydrogens (tertiary/aromatic N) is 6. The number of nitrogens with one attached hydrogen (secondary N) is 8. The summed E-state index contributed by atoms with van der Waals surface area (Å²) in [6.45, 7) is 39.4. The van der Waals surface area contributed by atoms with E-state index in [-0.39, 0.29) is 118 Å². The number of oxazole rings is 1. The summed E-state index contributed by atoms with van der Waals surface area (Å²) < 4.78 is 29.6. The highest BCUT2D eigenvalue weighted by Gasteiger charge is 2.65. The Hall–Kier alpha value is -11.4. The van der Waals surface area contributed by atoms with Crippen LogP contribution in [0.1, 0.15) is 217 Å². The normalized spacial score (nSPS) is 19.9. The highest BCUT2D eigenvalue weighted by Crippen LogP contribution is 2.57. The first kappa shape index (κ1) is 103. The van der Waals surface area contributed by atoms with Crippen LogP contribution in [0.15, 0.2) is 150 Å². The molecular weight excluding hydrogens is 1760 g/mol. The molecular formula is C104H132Cl2N14O13S. The van der Waals surface area contributed by atoms with Crippen LogP contribution in [-0.4, -0.2) is 168 Å². The van der Waals surface area contributed by atoms with Crippen molar-refractivity contribution in [1.29, 1.82) is 10.5 Å². The molecule has 6 atom stereocenters. The minimum atomic E-state index is -0.844. The fourth-order valence-electron chi connectivity index (χ4n) is 19.3. The van der Waals surface area contributed by atoms with E-state index in [4.69, 9.17) is 46.6 Å². The average molecular weight is 1890 g/mol. The third kappa shape index (κ3) is 25.8. The molecule has 4 aliphatic rings. The topological polar surface area (TPSA) is 363 Å². The van der Waals surface area contributed by atoms with Crippen molar-refractivity contribution in [3.63, 3.8) is 0 Å². The molecule has 2 aromatic heterocycles. The number of unbranched alkanes of at least 4 members (excludes halogenated alkanes) is 4. The Kier molecular flexibility index (Phi) is 34.5. The largest absolute Gasteiger partial charge is 0.489 e. The zero-order valence-corrected chi connectivity index (χ0v) is 82.8. The molecule has 27 nitrogen and oxygen atoms in total. The van der Waals surface area contributed by atoms with E-state index in [1.165, 1.54) is 6.39 Å². The number of anilines is 2. The van der Waals surface area contributed by atoms with E-state index in [1.807, 2.05) is 172 Å². The number of carbonyl (C=O) groups excluding carboxylic acids is 8. The van der Waals surface area contributed by atoms with Crippen molar-refractivity contribution in [3.8, 4) is 45.4 Å². The van der Waals surface area contributed by atoms with Crippen molar-refractivity contribution < 1.29 is 61.7 Å². The number of carbonyl (C=O) groups is 8. The Morgan fingerprint density at radius 3 is 1.27 bits per heavy atom. The van der Waals surface area contributed by atoms with Crippen LogP contribution < -0.4 is 52.0 Å². The van der Waals surface area contributed by atoms with Gasteiger partial charge in [0.1, 0.15) is 73.2 Å². The van der Waals surface area contributed by atoms with Crippen LogP contribution in [0.3, 0.4) is 0 Å². The van der Waals surface area contributed by atoms with E-state index in [2.05, 4.69) is 120 Å². The van der Waals surface area contributed by atoms with Gasteiger partial charge in [-0.3, -0.25) is 38.4 Å². The fraction of sp³-hybridized carbons (Fsp3) is 0.500. The summed E-state index contributed by atoms with van der Waals surface area (Å²) in [6, 6.07) is 41.6. The monoisotopic (exact) mass is 1890 g/mol. The summed E-state index contributed by atoms with van der Waals surface area (Å²) in [5.41, 5.74) is 8.50. The Bertz CT molecular complexity index is 5150. The van der Waals surface area contributed by atoms with Gasteiger partial charge >= 0.3 is 0 Å². The smallest absolute Gasteiger partial charge is 0.251 e. The summed E-state index contributed by atoms with van der Waals surface area (Å²) in [7, 11) is 0. The molecule has 0 bridgehead atoms. The maximum Gasteiger partial charge on any atom is 0.251 e. The van der Waals surface area contributed by atoms with Gasteiger partial charge < -0.3 is 75.7 Å². The van der Waals surface area contributed by atoms with Crippen molar-refractivity contribution in [2.24, 2.45) is 44.3 Å². The van der Waals surface area contributed by atoms with Crippen LogP contribution in [0, 0.1) is 80.8 Å². The lowest BCUT2D eigenvalue weighted by Crippen LogP contribution is -2.74. The number of amides is 8. The van der Waals surface area contributed by atoms with Crippen molar-refractivity contribution in [3.05, 3.63) is 200 Å². The zero-order chi connectivity index (χ0) is 97.4. The standard InChI is InChI=1S/C52H66ClN7O7.C52H66ClN7O6S/c1-32-25-41(46(63)56-28-34-13-15-35(16-14-34)43-33(2)57-31-66-43)60(29-32)47(64)44(50(3,4)5)58-42(61)30-65-24-12-10-11-23-55-38-20-17-36(18-21-38)45(62)59-48-51(6,7)49(52(48,8)9)67-39-22-19-37(27-54)40(53)26-39;1-32-25-41(46(63)56-28-34-13-15-35(16-14-34)43-33(2)57-31-67-43)60(29-32)47(64)44(50(3,4)5)58-42(61)30-65-24-12-10-11-23-55-38-20-17-36(18-21-38)45(62)59-48-51(6,7)49(52(48,8)9)66-39-22-19-37(27-54)40(53)26-39/h2*13-22,26,31-32,41,44,48-49,55H,10-12,23-25,28-30H2,1-9H3,(H,56,63)(H,58,61)(H,59,62)/t2*32-,41+,44-,48?,49?/m11/s1. The maximum absolute atomic E-state index is 14.1. The number of hydrogen-bond acceptors (Lipinski definition) is 20. The Morgan fingerprint density at radius 2 is 0.918 bits per heavy atom. The van der Waals surface area contributed by atoms with Gasteiger partial charge in [-0.2, -0.15) is 10.5 Å². The molecule has 2 saturated carbocycles. The molecule has 2 aliphatic heterocycles. The van der Waals surface area contributed by atoms with Gasteiger partial charge in [0.2, 0.25) is 35.4 Å². The van der Waals surface area contributed by atoms with E-state index in [0.29, 0.717) is 102 Å². The molecule has 4 heterocycles. The van der Waals surface area contributed by atoms with Gasteiger partial charge in [0.15, 0.2) is 12.2 Å². The SMILES string of the molecule is Cc1ncoc1-c1ccc(CNC(=O)[C@@H]2C[C@@H](C)CN2C(=O)[C@@H](NC(=O)COCCCCCNc2ccc(C(=O)NC3C(C)(C)C(Oc4ccc(C#N)c(Cl)c4)C3(C)C)cc2)C(C)(C)C)cc1.Cc1ncsc1-c1ccc(CNC(=O)[C@@H]2C[C@@H](C)CN2C(=O)[C@@H](NC(=O)COCCCCCNc2ccc(C(=O)NC3C(C)(C)C(Oc4ccc(C#N)c(Cl)c4)C3(C)C)cc2)C(C)(C)C)cc1. The van der Waals surface area contributed by atoms with Gasteiger partial charge in [0, 0.05) is 126 Å². The summed E-state index contributed by atoms with van der Waals surface area (Å²) in [6.07, 6.45) is 7.12. The molecule has 0 spiro atoms. The van der Waals surface area contributed by atoms with E-state index >= 15 is 0 Å². The quantitative estimate of drug-likeness (QED) is 0.0167. The second-order valence-electron chi connectivity index (χ2n) is 40.6. The number of likely N-dealkylation sites (tertiary alicyclic amines) is 2. The maximum atomic E-state index is 14.1. The first-order chi connectivity index (χ1) is 63.4. The second kappa shape index (κ2) is 44.8. The number of aryl methyl sites for hydroxylation is 2.